The van der Waals surface area contributed by atoms with Crippen molar-refractivity contribution in [2.24, 2.45) is 5.92 Å². The number of carbonyl (C=O) groups is 2. The summed E-state index contributed by atoms with van der Waals surface area (Å²) in [6, 6.07) is 11.0. The smallest absolute Gasteiger partial charge is 0.175 e. The number of rotatable bonds is 2. The molecule has 1 atom stereocenters. The lowest BCUT2D eigenvalue weighted by atomic mass is 9.66. The summed E-state index contributed by atoms with van der Waals surface area (Å²) in [4.78, 5) is 29.3. The van der Waals surface area contributed by atoms with Crippen LogP contribution in [0.25, 0.3) is 0 Å². The Labute approximate surface area is 124 Å². The fourth-order valence-corrected chi connectivity index (χ4v) is 3.11. The van der Waals surface area contributed by atoms with Crippen molar-refractivity contribution >= 4 is 11.6 Å². The highest BCUT2D eigenvalue weighted by Gasteiger charge is 2.41. The van der Waals surface area contributed by atoms with E-state index in [0.29, 0.717) is 17.5 Å². The van der Waals surface area contributed by atoms with E-state index in [0.717, 1.165) is 5.56 Å². The normalized spacial score (nSPS) is 19.9. The zero-order valence-electron chi connectivity index (χ0n) is 12.2. The Morgan fingerprint density at radius 1 is 1.19 bits per heavy atom. The van der Waals surface area contributed by atoms with Crippen molar-refractivity contribution in [2.45, 2.75) is 25.7 Å². The zero-order valence-corrected chi connectivity index (χ0v) is 12.2. The first-order valence-electron chi connectivity index (χ1n) is 7.09. The number of ketones is 2. The zero-order chi connectivity index (χ0) is 15.0. The quantitative estimate of drug-likeness (QED) is 0.625. The van der Waals surface area contributed by atoms with Gasteiger partial charge in [-0.3, -0.25) is 14.6 Å². The maximum absolute atomic E-state index is 12.7. The van der Waals surface area contributed by atoms with Crippen molar-refractivity contribution in [3.63, 3.8) is 0 Å². The van der Waals surface area contributed by atoms with Gasteiger partial charge in [0.25, 0.3) is 0 Å². The molecule has 1 aromatic heterocycles. The number of nitrogens with zero attached hydrogens (tertiary/aromatic N) is 1. The van der Waals surface area contributed by atoms with Gasteiger partial charge < -0.3 is 0 Å². The van der Waals surface area contributed by atoms with E-state index in [4.69, 9.17) is 0 Å². The maximum atomic E-state index is 12.7. The molecule has 106 valence electrons. The average Bonchev–Trinajstić information content (AvgIpc) is 2.51. The van der Waals surface area contributed by atoms with E-state index in [1.54, 1.807) is 18.3 Å². The van der Waals surface area contributed by atoms with Crippen molar-refractivity contribution in [1.29, 1.82) is 0 Å². The van der Waals surface area contributed by atoms with Crippen molar-refractivity contribution in [3.05, 3.63) is 65.5 Å². The second-order valence-corrected chi connectivity index (χ2v) is 6.16. The molecule has 3 rings (SSSR count). The predicted octanol–water partition coefficient (Wildman–Crippen LogP) is 3.44. The molecule has 1 aromatic carbocycles. The summed E-state index contributed by atoms with van der Waals surface area (Å²) in [5, 5.41) is 0. The Balaban J connectivity index is 2.04. The Hall–Kier alpha value is -2.29. The highest BCUT2D eigenvalue weighted by molar-refractivity contribution is 6.17. The number of carbonyl (C=O) groups excluding carboxylic acids is 2. The molecular weight excluding hydrogens is 262 g/mol. The molecule has 1 heterocycles. The second-order valence-electron chi connectivity index (χ2n) is 6.16. The van der Waals surface area contributed by atoms with E-state index in [1.165, 1.54) is 6.20 Å². The average molecular weight is 279 g/mol. The minimum Gasteiger partial charge on any atom is -0.293 e. The molecule has 0 amide bonds. The van der Waals surface area contributed by atoms with E-state index in [2.05, 4.69) is 18.8 Å². The van der Waals surface area contributed by atoms with Crippen LogP contribution >= 0.6 is 0 Å². The molecule has 0 saturated carbocycles. The van der Waals surface area contributed by atoms with Gasteiger partial charge >= 0.3 is 0 Å². The van der Waals surface area contributed by atoms with Gasteiger partial charge in [-0.1, -0.05) is 38.1 Å². The van der Waals surface area contributed by atoms with E-state index < -0.39 is 5.92 Å². The van der Waals surface area contributed by atoms with Gasteiger partial charge in [-0.05, 0) is 29.5 Å². The third-order valence-electron chi connectivity index (χ3n) is 4.22. The van der Waals surface area contributed by atoms with Crippen LogP contribution in [0, 0.1) is 5.92 Å². The van der Waals surface area contributed by atoms with Crippen LogP contribution in [0.2, 0.25) is 0 Å². The number of Topliss-reactive ketones (excluding diaryl/α,β-unsaturated/α-hetero) is 2. The van der Waals surface area contributed by atoms with Crippen molar-refractivity contribution < 1.29 is 9.59 Å². The van der Waals surface area contributed by atoms with E-state index in [-0.39, 0.29) is 17.0 Å². The highest BCUT2D eigenvalue weighted by atomic mass is 16.2. The fraction of sp³-hybridized carbons (Fsp3) is 0.278. The lowest BCUT2D eigenvalue weighted by Gasteiger charge is -2.35. The molecule has 0 N–H and O–H groups in total. The van der Waals surface area contributed by atoms with Gasteiger partial charge in [0.2, 0.25) is 0 Å². The summed E-state index contributed by atoms with van der Waals surface area (Å²) in [5.74, 6) is -0.812. The number of fused-ring (bicyclic) bond motifs is 1. The van der Waals surface area contributed by atoms with Gasteiger partial charge in [-0.15, -0.1) is 0 Å². The molecule has 1 unspecified atom stereocenters. The topological polar surface area (TPSA) is 47.0 Å². The predicted molar refractivity (Wildman–Crippen MR) is 80.5 cm³/mol. The van der Waals surface area contributed by atoms with Gasteiger partial charge in [0.05, 0.1) is 5.92 Å². The minimum absolute atomic E-state index is 0.0706. The van der Waals surface area contributed by atoms with Crippen LogP contribution in [-0.4, -0.2) is 16.6 Å². The largest absolute Gasteiger partial charge is 0.293 e. The number of hydrogen-bond donors (Lipinski definition) is 0. The molecule has 1 aliphatic carbocycles. The fourth-order valence-electron chi connectivity index (χ4n) is 3.11. The summed E-state index contributed by atoms with van der Waals surface area (Å²) < 4.78 is 0. The van der Waals surface area contributed by atoms with Crippen LogP contribution in [0.15, 0.2) is 48.8 Å². The second kappa shape index (κ2) is 4.92. The lowest BCUT2D eigenvalue weighted by Crippen LogP contribution is -2.38. The third-order valence-corrected chi connectivity index (χ3v) is 4.22. The van der Waals surface area contributed by atoms with E-state index in [9.17, 15) is 9.59 Å². The summed E-state index contributed by atoms with van der Waals surface area (Å²) in [6.07, 6.45) is 3.69. The summed E-state index contributed by atoms with van der Waals surface area (Å²) in [7, 11) is 0. The molecule has 0 aliphatic heterocycles. The Kier molecular flexibility index (Phi) is 3.20. The van der Waals surface area contributed by atoms with E-state index >= 15 is 0 Å². The Bertz CT molecular complexity index is 704. The highest BCUT2D eigenvalue weighted by Crippen LogP contribution is 2.40. The number of benzene rings is 1. The monoisotopic (exact) mass is 279 g/mol. The number of pyridine rings is 1. The minimum atomic E-state index is -0.612. The van der Waals surface area contributed by atoms with Crippen LogP contribution < -0.4 is 0 Å². The molecule has 3 nitrogen and oxygen atoms in total. The molecule has 0 fully saturated rings. The van der Waals surface area contributed by atoms with Gasteiger partial charge in [0.15, 0.2) is 11.6 Å². The molecule has 21 heavy (non-hydrogen) atoms. The van der Waals surface area contributed by atoms with Gasteiger partial charge in [-0.25, -0.2) is 0 Å². The van der Waals surface area contributed by atoms with Gasteiger partial charge in [0, 0.05) is 23.5 Å². The van der Waals surface area contributed by atoms with Crippen LogP contribution in [0.3, 0.4) is 0 Å². The van der Waals surface area contributed by atoms with Crippen LogP contribution in [0.1, 0.15) is 46.5 Å². The molecule has 0 radical (unpaired) electrons. The summed E-state index contributed by atoms with van der Waals surface area (Å²) >= 11 is 0. The van der Waals surface area contributed by atoms with Crippen molar-refractivity contribution in [3.8, 4) is 0 Å². The van der Waals surface area contributed by atoms with Crippen LogP contribution in [-0.2, 0) is 5.41 Å². The van der Waals surface area contributed by atoms with Crippen LogP contribution in [0.5, 0.6) is 0 Å². The number of hydrogen-bond acceptors (Lipinski definition) is 3. The maximum Gasteiger partial charge on any atom is 0.175 e. The summed E-state index contributed by atoms with van der Waals surface area (Å²) in [6.45, 7) is 4.17. The van der Waals surface area contributed by atoms with Crippen molar-refractivity contribution in [2.75, 3.05) is 0 Å². The molecule has 3 heteroatoms. The molecule has 1 aliphatic rings. The van der Waals surface area contributed by atoms with Crippen LogP contribution in [0.4, 0.5) is 0 Å². The Morgan fingerprint density at radius 3 is 2.67 bits per heavy atom. The van der Waals surface area contributed by atoms with Crippen molar-refractivity contribution in [1.82, 2.24) is 4.98 Å². The Morgan fingerprint density at radius 2 is 1.95 bits per heavy atom. The SMILES string of the molecule is CC1(C)CC(C(=O)c2cccnc2)C(=O)c2ccccc21. The molecule has 2 aromatic rings. The third kappa shape index (κ3) is 2.29. The first kappa shape index (κ1) is 13.7. The number of aromatic nitrogens is 1. The first-order valence-corrected chi connectivity index (χ1v) is 7.09. The first-order chi connectivity index (χ1) is 10.0. The van der Waals surface area contributed by atoms with E-state index in [1.807, 2.05) is 24.3 Å². The molecule has 0 saturated heterocycles. The molecule has 0 bridgehead atoms. The van der Waals surface area contributed by atoms with Gasteiger partial charge in [0.1, 0.15) is 0 Å². The lowest BCUT2D eigenvalue weighted by molar-refractivity contribution is 0.0761. The molecular formula is C18H17NO2. The standard InChI is InChI=1S/C18H17NO2/c1-18(2)10-14(16(20)12-6-5-9-19-11-12)17(21)13-7-3-4-8-15(13)18/h3-9,11,14H,10H2,1-2H3. The summed E-state index contributed by atoms with van der Waals surface area (Å²) in [5.41, 5.74) is 2.03. The van der Waals surface area contributed by atoms with Gasteiger partial charge in [-0.2, -0.15) is 0 Å². The molecule has 0 spiro atoms.